The van der Waals surface area contributed by atoms with Crippen LogP contribution >= 0.6 is 35.3 Å². The number of guanidine groups is 1. The van der Waals surface area contributed by atoms with Crippen LogP contribution in [0.2, 0.25) is 0 Å². The second-order valence-corrected chi connectivity index (χ2v) is 7.78. The van der Waals surface area contributed by atoms with Gasteiger partial charge in [0.15, 0.2) is 5.96 Å². The van der Waals surface area contributed by atoms with Crippen molar-refractivity contribution in [2.45, 2.75) is 52.2 Å². The van der Waals surface area contributed by atoms with Crippen LogP contribution in [0.15, 0.2) is 22.5 Å². The molecule has 0 aliphatic heterocycles. The minimum absolute atomic E-state index is 0. The summed E-state index contributed by atoms with van der Waals surface area (Å²) in [5.41, 5.74) is 5.37. The number of hydrogen-bond acceptors (Lipinski definition) is 4. The van der Waals surface area contributed by atoms with Crippen molar-refractivity contribution < 1.29 is 9.53 Å². The Morgan fingerprint density at radius 3 is 2.72 bits per heavy atom. The molecule has 1 unspecified atom stereocenters. The number of carbonyl (C=O) groups excluding carboxylic acids is 1. The predicted octanol–water partition coefficient (Wildman–Crippen LogP) is 3.46. The Kier molecular flexibility index (Phi) is 11.1. The number of hydrogen-bond donors (Lipinski definition) is 2. The molecule has 8 heteroatoms. The van der Waals surface area contributed by atoms with Crippen LogP contribution in [0, 0.1) is 0 Å². The highest BCUT2D eigenvalue weighted by Crippen LogP contribution is 2.12. The van der Waals surface area contributed by atoms with Gasteiger partial charge >= 0.3 is 6.09 Å². The van der Waals surface area contributed by atoms with E-state index in [2.05, 4.69) is 21.8 Å². The number of halogens is 1. The van der Waals surface area contributed by atoms with Crippen molar-refractivity contribution >= 4 is 47.4 Å². The highest BCUT2D eigenvalue weighted by atomic mass is 127. The van der Waals surface area contributed by atoms with Crippen molar-refractivity contribution in [2.24, 2.45) is 10.7 Å². The minimum atomic E-state index is -0.486. The van der Waals surface area contributed by atoms with Crippen LogP contribution in [0.5, 0.6) is 0 Å². The number of amides is 1. The van der Waals surface area contributed by atoms with Gasteiger partial charge in [-0.15, -0.1) is 35.3 Å². The lowest BCUT2D eigenvalue weighted by Crippen LogP contribution is -2.40. The number of rotatable bonds is 7. The molecule has 0 aromatic carbocycles. The van der Waals surface area contributed by atoms with E-state index in [0.29, 0.717) is 12.5 Å². The maximum Gasteiger partial charge on any atom is 0.410 e. The summed E-state index contributed by atoms with van der Waals surface area (Å²) in [6.07, 6.45) is 1.34. The van der Waals surface area contributed by atoms with Crippen molar-refractivity contribution in [2.75, 3.05) is 20.1 Å². The first-order valence-corrected chi connectivity index (χ1v) is 9.09. The van der Waals surface area contributed by atoms with Crippen LogP contribution in [0.1, 0.15) is 39.0 Å². The number of ether oxygens (including phenoxy) is 1. The Hall–Kier alpha value is -1.03. The van der Waals surface area contributed by atoms with Crippen LogP contribution in [-0.2, 0) is 11.2 Å². The zero-order valence-corrected chi connectivity index (χ0v) is 18.9. The molecule has 1 aromatic rings. The number of thiophene rings is 1. The van der Waals surface area contributed by atoms with Gasteiger partial charge in [0.25, 0.3) is 0 Å². The topological polar surface area (TPSA) is 80.0 Å². The summed E-state index contributed by atoms with van der Waals surface area (Å²) in [5, 5.41) is 5.17. The van der Waals surface area contributed by atoms with Gasteiger partial charge in [0.1, 0.15) is 5.60 Å². The van der Waals surface area contributed by atoms with Crippen molar-refractivity contribution in [1.82, 2.24) is 10.2 Å². The van der Waals surface area contributed by atoms with E-state index in [-0.39, 0.29) is 36.1 Å². The van der Waals surface area contributed by atoms with E-state index in [9.17, 15) is 4.79 Å². The van der Waals surface area contributed by atoms with Crippen LogP contribution in [-0.4, -0.2) is 48.7 Å². The van der Waals surface area contributed by atoms with Gasteiger partial charge in [-0.1, -0.05) is 6.07 Å². The second-order valence-electron chi connectivity index (χ2n) is 6.75. The summed E-state index contributed by atoms with van der Waals surface area (Å²) in [6.45, 7) is 8.87. The van der Waals surface area contributed by atoms with E-state index >= 15 is 0 Å². The molecule has 0 spiro atoms. The van der Waals surface area contributed by atoms with Crippen molar-refractivity contribution in [3.63, 3.8) is 0 Å². The smallest absolute Gasteiger partial charge is 0.410 e. The molecule has 3 N–H and O–H groups in total. The van der Waals surface area contributed by atoms with Crippen molar-refractivity contribution in [3.05, 3.63) is 22.4 Å². The highest BCUT2D eigenvalue weighted by molar-refractivity contribution is 14.0. The molecule has 1 amide bonds. The van der Waals surface area contributed by atoms with E-state index in [4.69, 9.17) is 10.5 Å². The Labute approximate surface area is 172 Å². The molecular weight excluding hydrogens is 451 g/mol. The monoisotopic (exact) mass is 482 g/mol. The molecule has 0 saturated carbocycles. The molecule has 1 heterocycles. The Morgan fingerprint density at radius 2 is 2.16 bits per heavy atom. The Balaban J connectivity index is 0.00000576. The first-order chi connectivity index (χ1) is 11.2. The fourth-order valence-corrected chi connectivity index (χ4v) is 2.61. The van der Waals surface area contributed by atoms with Crippen molar-refractivity contribution in [1.29, 1.82) is 0 Å². The molecule has 25 heavy (non-hydrogen) atoms. The molecule has 1 atom stereocenters. The van der Waals surface area contributed by atoms with Gasteiger partial charge in [-0.3, -0.25) is 4.99 Å². The molecular formula is C17H31IN4O2S. The summed E-state index contributed by atoms with van der Waals surface area (Å²) in [7, 11) is 1.74. The third kappa shape index (κ3) is 10.5. The third-order valence-electron chi connectivity index (χ3n) is 3.43. The number of nitrogens with zero attached hydrogens (tertiary/aromatic N) is 2. The molecule has 0 aliphatic rings. The zero-order chi connectivity index (χ0) is 18.2. The van der Waals surface area contributed by atoms with E-state index in [1.54, 1.807) is 23.3 Å². The quantitative estimate of drug-likeness (QED) is 0.355. The van der Waals surface area contributed by atoms with Gasteiger partial charge in [-0.2, -0.15) is 0 Å². The SMILES string of the molecule is CC(CCN=C(N)NCCc1cccs1)N(C)C(=O)OC(C)(C)C.I. The van der Waals surface area contributed by atoms with Gasteiger partial charge in [-0.25, -0.2) is 4.79 Å². The molecule has 144 valence electrons. The summed E-state index contributed by atoms with van der Waals surface area (Å²) in [5.74, 6) is 0.443. The fraction of sp³-hybridized carbons (Fsp3) is 0.647. The molecule has 0 fully saturated rings. The van der Waals surface area contributed by atoms with Crippen LogP contribution in [0.4, 0.5) is 4.79 Å². The number of nitrogens with one attached hydrogen (secondary N) is 1. The van der Waals surface area contributed by atoms with Gasteiger partial charge < -0.3 is 20.7 Å². The zero-order valence-electron chi connectivity index (χ0n) is 15.7. The first kappa shape index (κ1) is 24.0. The van der Waals surface area contributed by atoms with E-state index in [1.807, 2.05) is 33.8 Å². The van der Waals surface area contributed by atoms with E-state index < -0.39 is 5.60 Å². The number of carbonyl (C=O) groups is 1. The Bertz CT molecular complexity index is 529. The summed E-state index contributed by atoms with van der Waals surface area (Å²) in [4.78, 5) is 19.2. The normalized spacial score (nSPS) is 12.9. The summed E-state index contributed by atoms with van der Waals surface area (Å²) in [6, 6.07) is 4.18. The maximum atomic E-state index is 12.0. The van der Waals surface area contributed by atoms with Gasteiger partial charge in [-0.05, 0) is 52.0 Å². The highest BCUT2D eigenvalue weighted by Gasteiger charge is 2.22. The van der Waals surface area contributed by atoms with Crippen molar-refractivity contribution in [3.8, 4) is 0 Å². The summed E-state index contributed by atoms with van der Waals surface area (Å²) >= 11 is 1.74. The number of aliphatic imine (C=N–C) groups is 1. The molecule has 1 aromatic heterocycles. The molecule has 6 nitrogen and oxygen atoms in total. The van der Waals surface area contributed by atoms with Gasteiger partial charge in [0.05, 0.1) is 0 Å². The van der Waals surface area contributed by atoms with E-state index in [0.717, 1.165) is 19.4 Å². The van der Waals surface area contributed by atoms with Crippen LogP contribution in [0.3, 0.4) is 0 Å². The lowest BCUT2D eigenvalue weighted by atomic mass is 10.2. The first-order valence-electron chi connectivity index (χ1n) is 8.21. The van der Waals surface area contributed by atoms with Gasteiger partial charge in [0, 0.05) is 31.1 Å². The average Bonchev–Trinajstić information content (AvgIpc) is 2.97. The standard InChI is InChI=1S/C17H30N4O2S.HI/c1-13(21(5)16(22)23-17(2,3)4)8-10-19-15(18)20-11-9-14-7-6-12-24-14;/h6-7,12-13H,8-11H2,1-5H3,(H3,18,19,20);1H. The lowest BCUT2D eigenvalue weighted by Gasteiger charge is -2.28. The average molecular weight is 482 g/mol. The summed E-state index contributed by atoms with van der Waals surface area (Å²) < 4.78 is 5.35. The molecule has 1 rings (SSSR count). The molecule has 0 radical (unpaired) electrons. The fourth-order valence-electron chi connectivity index (χ4n) is 1.90. The molecule has 0 saturated heterocycles. The van der Waals surface area contributed by atoms with E-state index in [1.165, 1.54) is 4.88 Å². The van der Waals surface area contributed by atoms with Gasteiger partial charge in [0.2, 0.25) is 0 Å². The number of nitrogens with two attached hydrogens (primary N) is 1. The Morgan fingerprint density at radius 1 is 1.48 bits per heavy atom. The van der Waals surface area contributed by atoms with Crippen LogP contribution < -0.4 is 11.1 Å². The third-order valence-corrected chi connectivity index (χ3v) is 4.37. The minimum Gasteiger partial charge on any atom is -0.444 e. The molecule has 0 bridgehead atoms. The maximum absolute atomic E-state index is 12.0. The predicted molar refractivity (Wildman–Crippen MR) is 116 cm³/mol. The lowest BCUT2D eigenvalue weighted by molar-refractivity contribution is 0.0231. The molecule has 0 aliphatic carbocycles. The van der Waals surface area contributed by atoms with Crippen LogP contribution in [0.25, 0.3) is 0 Å². The largest absolute Gasteiger partial charge is 0.444 e. The second kappa shape index (κ2) is 11.6.